The van der Waals surface area contributed by atoms with E-state index in [1.807, 2.05) is 0 Å². The molecule has 0 aromatic heterocycles. The summed E-state index contributed by atoms with van der Waals surface area (Å²) in [6, 6.07) is 0. The Morgan fingerprint density at radius 1 is 1.00 bits per heavy atom. The summed E-state index contributed by atoms with van der Waals surface area (Å²) in [5.41, 5.74) is 0. The fraction of sp³-hybridized carbons (Fsp3) is 0.800. The standard InChI is InChI=1S/C15H24O3/c1-2-15(17)18-14-9-5-12(6-10-14)11-3-7-13(16)8-4-11/h2,11-14,16H,1,3-10H2. The van der Waals surface area contributed by atoms with Crippen molar-refractivity contribution in [3.05, 3.63) is 12.7 Å². The highest BCUT2D eigenvalue weighted by Gasteiger charge is 2.31. The fourth-order valence-electron chi connectivity index (χ4n) is 3.46. The third-order valence-electron chi connectivity index (χ3n) is 4.58. The molecule has 0 aromatic rings. The van der Waals surface area contributed by atoms with Crippen molar-refractivity contribution in [2.75, 3.05) is 0 Å². The molecule has 2 fully saturated rings. The number of carbonyl (C=O) groups is 1. The molecule has 0 bridgehead atoms. The zero-order valence-electron chi connectivity index (χ0n) is 11.0. The van der Waals surface area contributed by atoms with Crippen LogP contribution in [0.15, 0.2) is 12.7 Å². The van der Waals surface area contributed by atoms with Crippen LogP contribution in [-0.2, 0) is 9.53 Å². The summed E-state index contributed by atoms with van der Waals surface area (Å²) < 4.78 is 5.30. The first kappa shape index (κ1) is 13.6. The largest absolute Gasteiger partial charge is 0.459 e. The molecule has 0 aliphatic heterocycles. The first-order chi connectivity index (χ1) is 8.69. The molecule has 0 atom stereocenters. The normalized spacial score (nSPS) is 36.9. The van der Waals surface area contributed by atoms with E-state index in [-0.39, 0.29) is 18.2 Å². The van der Waals surface area contributed by atoms with Crippen LogP contribution in [0.25, 0.3) is 0 Å². The zero-order valence-corrected chi connectivity index (χ0v) is 11.0. The summed E-state index contributed by atoms with van der Waals surface area (Å²) in [5.74, 6) is 1.26. The Morgan fingerprint density at radius 3 is 2.00 bits per heavy atom. The lowest BCUT2D eigenvalue weighted by atomic mass is 9.72. The average molecular weight is 252 g/mol. The molecular formula is C15H24O3. The number of rotatable bonds is 3. The predicted octanol–water partition coefficient (Wildman–Crippen LogP) is 2.83. The molecule has 2 aliphatic carbocycles. The van der Waals surface area contributed by atoms with Crippen molar-refractivity contribution < 1.29 is 14.6 Å². The van der Waals surface area contributed by atoms with Gasteiger partial charge in [-0.25, -0.2) is 4.79 Å². The molecule has 0 aromatic carbocycles. The van der Waals surface area contributed by atoms with Crippen LogP contribution in [0.2, 0.25) is 0 Å². The van der Waals surface area contributed by atoms with Crippen molar-refractivity contribution in [3.8, 4) is 0 Å². The van der Waals surface area contributed by atoms with Gasteiger partial charge in [0.2, 0.25) is 0 Å². The van der Waals surface area contributed by atoms with Gasteiger partial charge in [-0.15, -0.1) is 0 Å². The summed E-state index contributed by atoms with van der Waals surface area (Å²) >= 11 is 0. The minimum absolute atomic E-state index is 0.0638. The molecule has 0 heterocycles. The van der Waals surface area contributed by atoms with Crippen LogP contribution in [0.1, 0.15) is 51.4 Å². The van der Waals surface area contributed by atoms with E-state index in [0.29, 0.717) is 0 Å². The molecule has 2 saturated carbocycles. The Bertz CT molecular complexity index is 284. The lowest BCUT2D eigenvalue weighted by Crippen LogP contribution is -2.30. The first-order valence-corrected chi connectivity index (χ1v) is 7.20. The zero-order chi connectivity index (χ0) is 13.0. The van der Waals surface area contributed by atoms with Gasteiger partial charge in [0, 0.05) is 6.08 Å². The van der Waals surface area contributed by atoms with Crippen molar-refractivity contribution in [1.29, 1.82) is 0 Å². The van der Waals surface area contributed by atoms with Crippen LogP contribution in [0, 0.1) is 11.8 Å². The van der Waals surface area contributed by atoms with Crippen LogP contribution in [0.4, 0.5) is 0 Å². The second kappa shape index (κ2) is 6.37. The SMILES string of the molecule is C=CC(=O)OC1CCC(C2CCC(O)CC2)CC1. The summed E-state index contributed by atoms with van der Waals surface area (Å²) in [6.07, 6.45) is 9.86. The molecule has 3 heteroatoms. The summed E-state index contributed by atoms with van der Waals surface area (Å²) in [4.78, 5) is 11.1. The minimum Gasteiger partial charge on any atom is -0.459 e. The Kier molecular flexibility index (Phi) is 4.81. The second-order valence-corrected chi connectivity index (χ2v) is 5.75. The predicted molar refractivity (Wildman–Crippen MR) is 70.0 cm³/mol. The highest BCUT2D eigenvalue weighted by atomic mass is 16.5. The van der Waals surface area contributed by atoms with Gasteiger partial charge in [-0.05, 0) is 63.2 Å². The molecule has 2 rings (SSSR count). The highest BCUT2D eigenvalue weighted by Crippen LogP contribution is 2.38. The molecule has 1 N–H and O–H groups in total. The van der Waals surface area contributed by atoms with Gasteiger partial charge in [0.25, 0.3) is 0 Å². The summed E-state index contributed by atoms with van der Waals surface area (Å²) in [6.45, 7) is 3.42. The average Bonchev–Trinajstić information content (AvgIpc) is 2.40. The van der Waals surface area contributed by atoms with E-state index in [4.69, 9.17) is 4.74 Å². The Hall–Kier alpha value is -0.830. The van der Waals surface area contributed by atoms with Crippen molar-refractivity contribution in [2.45, 2.75) is 63.6 Å². The van der Waals surface area contributed by atoms with Crippen LogP contribution < -0.4 is 0 Å². The van der Waals surface area contributed by atoms with Crippen LogP contribution in [0.5, 0.6) is 0 Å². The maximum atomic E-state index is 11.1. The van der Waals surface area contributed by atoms with Crippen LogP contribution >= 0.6 is 0 Å². The molecule has 0 radical (unpaired) electrons. The van der Waals surface area contributed by atoms with Gasteiger partial charge in [-0.2, -0.15) is 0 Å². The summed E-state index contributed by atoms with van der Waals surface area (Å²) in [7, 11) is 0. The van der Waals surface area contributed by atoms with E-state index in [1.165, 1.54) is 18.9 Å². The van der Waals surface area contributed by atoms with E-state index in [2.05, 4.69) is 6.58 Å². The molecule has 18 heavy (non-hydrogen) atoms. The Morgan fingerprint density at radius 2 is 1.50 bits per heavy atom. The molecule has 0 saturated heterocycles. The van der Waals surface area contributed by atoms with E-state index in [9.17, 15) is 9.90 Å². The molecule has 2 aliphatic rings. The lowest BCUT2D eigenvalue weighted by molar-refractivity contribution is -0.145. The van der Waals surface area contributed by atoms with E-state index in [1.54, 1.807) is 0 Å². The smallest absolute Gasteiger partial charge is 0.330 e. The highest BCUT2D eigenvalue weighted by molar-refractivity contribution is 5.81. The van der Waals surface area contributed by atoms with Crippen molar-refractivity contribution >= 4 is 5.97 Å². The fourth-order valence-corrected chi connectivity index (χ4v) is 3.46. The number of hydrogen-bond acceptors (Lipinski definition) is 3. The van der Waals surface area contributed by atoms with Crippen molar-refractivity contribution in [1.82, 2.24) is 0 Å². The van der Waals surface area contributed by atoms with Crippen molar-refractivity contribution in [2.24, 2.45) is 11.8 Å². The molecular weight excluding hydrogens is 228 g/mol. The summed E-state index contributed by atoms with van der Waals surface area (Å²) in [5, 5.41) is 9.53. The van der Waals surface area contributed by atoms with E-state index in [0.717, 1.165) is 50.4 Å². The third-order valence-corrected chi connectivity index (χ3v) is 4.58. The van der Waals surface area contributed by atoms with Crippen LogP contribution in [-0.4, -0.2) is 23.3 Å². The molecule has 0 spiro atoms. The van der Waals surface area contributed by atoms with Gasteiger partial charge >= 0.3 is 5.97 Å². The van der Waals surface area contributed by atoms with Gasteiger partial charge in [-0.3, -0.25) is 0 Å². The number of aliphatic hydroxyl groups is 1. The maximum Gasteiger partial charge on any atom is 0.330 e. The van der Waals surface area contributed by atoms with Gasteiger partial charge in [0.15, 0.2) is 0 Å². The van der Waals surface area contributed by atoms with Crippen LogP contribution in [0.3, 0.4) is 0 Å². The monoisotopic (exact) mass is 252 g/mol. The van der Waals surface area contributed by atoms with E-state index < -0.39 is 0 Å². The quantitative estimate of drug-likeness (QED) is 0.620. The third kappa shape index (κ3) is 3.58. The van der Waals surface area contributed by atoms with E-state index >= 15 is 0 Å². The number of esters is 1. The maximum absolute atomic E-state index is 11.1. The Labute approximate surface area is 109 Å². The van der Waals surface area contributed by atoms with Gasteiger partial charge in [-0.1, -0.05) is 6.58 Å². The number of hydrogen-bond donors (Lipinski definition) is 1. The van der Waals surface area contributed by atoms with Gasteiger partial charge in [0.05, 0.1) is 6.10 Å². The first-order valence-electron chi connectivity index (χ1n) is 7.20. The number of carbonyl (C=O) groups excluding carboxylic acids is 1. The molecule has 0 unspecified atom stereocenters. The Balaban J connectivity index is 1.73. The molecule has 102 valence electrons. The lowest BCUT2D eigenvalue weighted by Gasteiger charge is -2.36. The topological polar surface area (TPSA) is 46.5 Å². The van der Waals surface area contributed by atoms with Crippen molar-refractivity contribution in [3.63, 3.8) is 0 Å². The number of ether oxygens (including phenoxy) is 1. The van der Waals surface area contributed by atoms with Gasteiger partial charge < -0.3 is 9.84 Å². The second-order valence-electron chi connectivity index (χ2n) is 5.75. The number of aliphatic hydroxyl groups excluding tert-OH is 1. The molecule has 3 nitrogen and oxygen atoms in total. The van der Waals surface area contributed by atoms with Gasteiger partial charge in [0.1, 0.15) is 6.10 Å². The molecule has 0 amide bonds. The minimum atomic E-state index is -0.292.